The maximum absolute atomic E-state index is 11.6. The molecule has 114 valence electrons. The van der Waals surface area contributed by atoms with Crippen molar-refractivity contribution in [2.24, 2.45) is 5.41 Å². The molecule has 3 heteroatoms. The third kappa shape index (κ3) is 2.61. The van der Waals surface area contributed by atoms with Crippen molar-refractivity contribution in [2.45, 2.75) is 25.2 Å². The normalized spacial score (nSPS) is 17.2. The average molecular weight is 312 g/mol. The summed E-state index contributed by atoms with van der Waals surface area (Å²) in [6, 6.07) is 17.7. The van der Waals surface area contributed by atoms with Gasteiger partial charge in [0.25, 0.3) is 0 Å². The maximum Gasteiger partial charge on any atom is 0.175 e. The first-order chi connectivity index (χ1) is 10.3. The van der Waals surface area contributed by atoms with Crippen LogP contribution in [-0.2, 0) is 9.84 Å². The van der Waals surface area contributed by atoms with E-state index in [0.717, 1.165) is 12.0 Å². The van der Waals surface area contributed by atoms with E-state index in [1.807, 2.05) is 18.2 Å². The van der Waals surface area contributed by atoms with Crippen LogP contribution >= 0.6 is 0 Å². The van der Waals surface area contributed by atoms with Crippen molar-refractivity contribution < 1.29 is 8.42 Å². The zero-order valence-electron chi connectivity index (χ0n) is 13.1. The molecule has 0 heterocycles. The molecule has 3 rings (SSSR count). The van der Waals surface area contributed by atoms with Crippen molar-refractivity contribution in [3.05, 3.63) is 65.7 Å². The zero-order valence-corrected chi connectivity index (χ0v) is 13.9. The Labute approximate surface area is 132 Å². The van der Waals surface area contributed by atoms with Gasteiger partial charge < -0.3 is 0 Å². The Morgan fingerprint density at radius 2 is 1.45 bits per heavy atom. The molecule has 2 aromatic carbocycles. The molecule has 22 heavy (non-hydrogen) atoms. The van der Waals surface area contributed by atoms with E-state index in [1.165, 1.54) is 23.0 Å². The van der Waals surface area contributed by atoms with E-state index >= 15 is 0 Å². The van der Waals surface area contributed by atoms with Gasteiger partial charge in [-0.3, -0.25) is 0 Å². The van der Waals surface area contributed by atoms with Gasteiger partial charge in [0.15, 0.2) is 9.84 Å². The number of allylic oxidation sites excluding steroid dienone is 2. The van der Waals surface area contributed by atoms with E-state index in [1.54, 1.807) is 12.1 Å². The summed E-state index contributed by atoms with van der Waals surface area (Å²) >= 11 is 0. The van der Waals surface area contributed by atoms with Crippen LogP contribution in [-0.4, -0.2) is 14.7 Å². The van der Waals surface area contributed by atoms with Gasteiger partial charge in [0.1, 0.15) is 0 Å². The molecule has 0 unspecified atom stereocenters. The standard InChI is InChI=1S/C19H20O2S/c1-19(2)13-17(14-7-5-4-6-8-14)18(19)15-9-11-16(12-10-15)22(3,20)21/h4-12H,13H2,1-3H3. The van der Waals surface area contributed by atoms with Crippen molar-refractivity contribution in [3.63, 3.8) is 0 Å². The quantitative estimate of drug-likeness (QED) is 0.840. The van der Waals surface area contributed by atoms with E-state index in [9.17, 15) is 8.42 Å². The van der Waals surface area contributed by atoms with Gasteiger partial charge in [-0.25, -0.2) is 8.42 Å². The third-order valence-corrected chi connectivity index (χ3v) is 5.42. The predicted octanol–water partition coefficient (Wildman–Crippen LogP) is 4.43. The number of rotatable bonds is 3. The first-order valence-corrected chi connectivity index (χ1v) is 9.28. The van der Waals surface area contributed by atoms with E-state index in [0.29, 0.717) is 4.90 Å². The molecule has 0 atom stereocenters. The Bertz CT molecular complexity index is 827. The largest absolute Gasteiger partial charge is 0.224 e. The number of sulfone groups is 1. The van der Waals surface area contributed by atoms with Crippen LogP contribution in [0, 0.1) is 5.41 Å². The smallest absolute Gasteiger partial charge is 0.175 e. The highest BCUT2D eigenvalue weighted by molar-refractivity contribution is 7.90. The molecule has 0 bridgehead atoms. The van der Waals surface area contributed by atoms with Crippen molar-refractivity contribution in [3.8, 4) is 0 Å². The summed E-state index contributed by atoms with van der Waals surface area (Å²) in [6.07, 6.45) is 2.28. The lowest BCUT2D eigenvalue weighted by molar-refractivity contribution is 0.482. The van der Waals surface area contributed by atoms with E-state index < -0.39 is 9.84 Å². The Kier molecular flexibility index (Phi) is 3.48. The fourth-order valence-corrected chi connectivity index (χ4v) is 3.87. The zero-order chi connectivity index (χ0) is 16.0. The second-order valence-electron chi connectivity index (χ2n) is 6.58. The van der Waals surface area contributed by atoms with Crippen molar-refractivity contribution in [2.75, 3.05) is 6.26 Å². The number of hydrogen-bond donors (Lipinski definition) is 0. The molecule has 2 nitrogen and oxygen atoms in total. The number of hydrogen-bond acceptors (Lipinski definition) is 2. The van der Waals surface area contributed by atoms with E-state index in [4.69, 9.17) is 0 Å². The lowest BCUT2D eigenvalue weighted by atomic mass is 9.62. The topological polar surface area (TPSA) is 34.1 Å². The second kappa shape index (κ2) is 5.10. The van der Waals surface area contributed by atoms with Gasteiger partial charge in [-0.1, -0.05) is 56.3 Å². The predicted molar refractivity (Wildman–Crippen MR) is 91.2 cm³/mol. The average Bonchev–Trinajstić information content (AvgIpc) is 2.45. The monoisotopic (exact) mass is 312 g/mol. The van der Waals surface area contributed by atoms with Crippen molar-refractivity contribution in [1.29, 1.82) is 0 Å². The second-order valence-corrected chi connectivity index (χ2v) is 8.59. The summed E-state index contributed by atoms with van der Waals surface area (Å²) in [4.78, 5) is 0.371. The minimum Gasteiger partial charge on any atom is -0.224 e. The highest BCUT2D eigenvalue weighted by Crippen LogP contribution is 2.55. The van der Waals surface area contributed by atoms with Crippen LogP contribution in [0.15, 0.2) is 59.5 Å². The van der Waals surface area contributed by atoms with Gasteiger partial charge in [-0.05, 0) is 46.2 Å². The summed E-state index contributed by atoms with van der Waals surface area (Å²) in [7, 11) is -3.14. The summed E-state index contributed by atoms with van der Waals surface area (Å²) < 4.78 is 23.2. The molecular formula is C19H20O2S. The SMILES string of the molecule is CC1(C)CC(c2ccccc2)=C1c1ccc(S(C)(=O)=O)cc1. The summed E-state index contributed by atoms with van der Waals surface area (Å²) in [6.45, 7) is 4.47. The maximum atomic E-state index is 11.6. The van der Waals surface area contributed by atoms with Crippen LogP contribution in [0.5, 0.6) is 0 Å². The van der Waals surface area contributed by atoms with Gasteiger partial charge in [0.05, 0.1) is 4.90 Å². The highest BCUT2D eigenvalue weighted by Gasteiger charge is 2.37. The van der Waals surface area contributed by atoms with Crippen LogP contribution in [0.4, 0.5) is 0 Å². The molecule has 1 aliphatic rings. The molecule has 0 aliphatic heterocycles. The molecule has 0 saturated heterocycles. The van der Waals surface area contributed by atoms with E-state index in [2.05, 4.69) is 38.1 Å². The Morgan fingerprint density at radius 3 is 1.95 bits per heavy atom. The molecule has 1 aliphatic carbocycles. The molecule has 0 amide bonds. The molecule has 0 spiro atoms. The Balaban J connectivity index is 2.08. The van der Waals surface area contributed by atoms with Crippen LogP contribution in [0.3, 0.4) is 0 Å². The van der Waals surface area contributed by atoms with E-state index in [-0.39, 0.29) is 5.41 Å². The Morgan fingerprint density at radius 1 is 0.864 bits per heavy atom. The number of benzene rings is 2. The fraction of sp³-hybridized carbons (Fsp3) is 0.263. The van der Waals surface area contributed by atoms with Crippen LogP contribution < -0.4 is 0 Å². The summed E-state index contributed by atoms with van der Waals surface area (Å²) in [5.41, 5.74) is 5.17. The minimum absolute atomic E-state index is 0.123. The Hall–Kier alpha value is -1.87. The van der Waals surface area contributed by atoms with Gasteiger partial charge >= 0.3 is 0 Å². The van der Waals surface area contributed by atoms with Crippen LogP contribution in [0.2, 0.25) is 0 Å². The third-order valence-electron chi connectivity index (χ3n) is 4.29. The van der Waals surface area contributed by atoms with Gasteiger partial charge in [0.2, 0.25) is 0 Å². The first kappa shape index (κ1) is 15.0. The molecular weight excluding hydrogens is 292 g/mol. The molecule has 0 fully saturated rings. The van der Waals surface area contributed by atoms with Gasteiger partial charge in [-0.2, -0.15) is 0 Å². The lowest BCUT2D eigenvalue weighted by Crippen LogP contribution is -2.25. The molecule has 0 saturated carbocycles. The van der Waals surface area contributed by atoms with Gasteiger partial charge in [0, 0.05) is 6.26 Å². The first-order valence-electron chi connectivity index (χ1n) is 7.38. The molecule has 2 aromatic rings. The van der Waals surface area contributed by atoms with Crippen LogP contribution in [0.25, 0.3) is 11.1 Å². The summed E-state index contributed by atoms with van der Waals surface area (Å²) in [5, 5.41) is 0. The van der Waals surface area contributed by atoms with Crippen molar-refractivity contribution >= 4 is 21.0 Å². The highest BCUT2D eigenvalue weighted by atomic mass is 32.2. The lowest BCUT2D eigenvalue weighted by Gasteiger charge is -2.41. The van der Waals surface area contributed by atoms with Gasteiger partial charge in [-0.15, -0.1) is 0 Å². The van der Waals surface area contributed by atoms with Crippen molar-refractivity contribution in [1.82, 2.24) is 0 Å². The minimum atomic E-state index is -3.14. The summed E-state index contributed by atoms with van der Waals surface area (Å²) in [5.74, 6) is 0. The van der Waals surface area contributed by atoms with Crippen LogP contribution in [0.1, 0.15) is 31.4 Å². The molecule has 0 radical (unpaired) electrons. The fourth-order valence-electron chi connectivity index (χ4n) is 3.24. The molecule has 0 N–H and O–H groups in total. The molecule has 0 aromatic heterocycles.